The Balaban J connectivity index is 0.000000166. The largest absolute Gasteiger partial charge is 0.255 e. The number of halogens is 2. The molecular weight excluding hydrogens is 1050 g/mol. The molecule has 68 heavy (non-hydrogen) atoms. The van der Waals surface area contributed by atoms with Gasteiger partial charge in [0.05, 0.1) is 45.2 Å². The summed E-state index contributed by atoms with van der Waals surface area (Å²) in [7, 11) is 8.22. The summed E-state index contributed by atoms with van der Waals surface area (Å²) in [5.41, 5.74) is 13.9. The van der Waals surface area contributed by atoms with E-state index in [4.69, 9.17) is 4.99 Å². The van der Waals surface area contributed by atoms with Crippen molar-refractivity contribution in [2.45, 2.75) is 34.1 Å². The summed E-state index contributed by atoms with van der Waals surface area (Å²) < 4.78 is 0. The van der Waals surface area contributed by atoms with Gasteiger partial charge in [0.25, 0.3) is 0 Å². The van der Waals surface area contributed by atoms with Gasteiger partial charge in [0.1, 0.15) is 0 Å². The Morgan fingerprint density at radius 1 is 0.412 bits per heavy atom. The van der Waals surface area contributed by atoms with E-state index >= 15 is 0 Å². The minimum Gasteiger partial charge on any atom is -0.255 e. The maximum absolute atomic E-state index is 5.15. The van der Waals surface area contributed by atoms with Crippen LogP contribution in [-0.4, -0.2) is 35.6 Å². The molecule has 1 aromatic carbocycles. The second-order valence-corrected chi connectivity index (χ2v) is 19.9. The summed E-state index contributed by atoms with van der Waals surface area (Å²) in [5.74, 6) is 0. The molecule has 0 N–H and O–H groups in total. The Kier molecular flexibility index (Phi) is 16.2. The molecular formula is C54H41Cl2N7RuS4. The van der Waals surface area contributed by atoms with Crippen LogP contribution >= 0.6 is 67.1 Å². The van der Waals surface area contributed by atoms with Crippen LogP contribution in [0.2, 0.25) is 0 Å². The molecule has 0 unspecified atom stereocenters. The molecule has 14 heteroatoms. The number of thiophene rings is 4. The van der Waals surface area contributed by atoms with Crippen LogP contribution in [0.1, 0.15) is 32.7 Å². The molecule has 12 rings (SSSR count). The quantitative estimate of drug-likeness (QED) is 0.122. The molecule has 7 nitrogen and oxygen atoms in total. The number of nitrogens with zero attached hydrogens (tertiary/aromatic N) is 7. The van der Waals surface area contributed by atoms with Crippen LogP contribution in [0.4, 0.5) is 5.69 Å². The van der Waals surface area contributed by atoms with Crippen molar-refractivity contribution in [2.24, 2.45) is 4.99 Å². The number of pyridine rings is 6. The number of hydrogen-bond acceptors (Lipinski definition) is 11. The van der Waals surface area contributed by atoms with Crippen molar-refractivity contribution in [3.63, 3.8) is 0 Å². The Labute approximate surface area is 433 Å². The second kappa shape index (κ2) is 22.6. The van der Waals surface area contributed by atoms with Gasteiger partial charge in [-0.2, -0.15) is 0 Å². The fourth-order valence-electron chi connectivity index (χ4n) is 7.66. The third kappa shape index (κ3) is 11.1. The fourth-order valence-corrected chi connectivity index (χ4v) is 11.7. The van der Waals surface area contributed by atoms with E-state index in [-0.39, 0.29) is 19.5 Å². The van der Waals surface area contributed by atoms with Crippen molar-refractivity contribution in [3.8, 4) is 52.0 Å². The van der Waals surface area contributed by atoms with Crippen LogP contribution in [0.15, 0.2) is 169 Å². The smallest absolute Gasteiger partial charge is 0.0986 e. The number of hydrogen-bond donors (Lipinski definition) is 0. The summed E-state index contributed by atoms with van der Waals surface area (Å²) in [6.45, 7) is 8.23. The van der Waals surface area contributed by atoms with Gasteiger partial charge in [-0.1, -0.05) is 12.1 Å². The fraction of sp³-hybridized carbons (Fsp3) is 0.0926. The summed E-state index contributed by atoms with van der Waals surface area (Å²) in [6, 6.07) is 42.1. The van der Waals surface area contributed by atoms with Crippen LogP contribution in [0.3, 0.4) is 0 Å². The molecule has 11 aromatic rings. The van der Waals surface area contributed by atoms with Crippen molar-refractivity contribution in [3.05, 3.63) is 197 Å². The SMILES string of the molecule is Cc1ccnc(-c2cc(C)ccn2)c1.Cc1ccnc(-c2cc(C)ccn2)c1.ClCl.[Ru].c1csc(-c2ccc(-c3ccc(-c4ccc(C5=Nc6c(c7cccnc7c7ncccc67)C5)s4)s3)s2)c1. The van der Waals surface area contributed by atoms with E-state index in [1.54, 1.807) is 11.3 Å². The Hall–Kier alpha value is -5.69. The first-order valence-corrected chi connectivity index (χ1v) is 25.7. The molecule has 1 aliphatic rings. The maximum atomic E-state index is 5.15. The van der Waals surface area contributed by atoms with Crippen molar-refractivity contribution < 1.29 is 19.5 Å². The molecule has 338 valence electrons. The average Bonchev–Trinajstić information content (AvgIpc) is 4.23. The van der Waals surface area contributed by atoms with Crippen molar-refractivity contribution in [1.82, 2.24) is 29.9 Å². The Morgan fingerprint density at radius 2 is 0.809 bits per heavy atom. The molecule has 0 atom stereocenters. The number of benzene rings is 1. The average molecular weight is 1090 g/mol. The van der Waals surface area contributed by atoms with Gasteiger partial charge in [0.15, 0.2) is 0 Å². The molecule has 0 aliphatic carbocycles. The number of aromatic nitrogens is 6. The normalized spacial score (nSPS) is 11.3. The van der Waals surface area contributed by atoms with Crippen LogP contribution in [0.25, 0.3) is 73.8 Å². The Morgan fingerprint density at radius 3 is 1.24 bits per heavy atom. The minimum atomic E-state index is 0. The predicted molar refractivity (Wildman–Crippen MR) is 287 cm³/mol. The van der Waals surface area contributed by atoms with E-state index in [1.165, 1.54) is 62.0 Å². The summed E-state index contributed by atoms with van der Waals surface area (Å²) in [5, 5.41) is 4.37. The molecule has 0 saturated carbocycles. The molecule has 10 aromatic heterocycles. The number of aliphatic imine (C=N–C) groups is 1. The molecule has 0 fully saturated rings. The van der Waals surface area contributed by atoms with Gasteiger partial charge < -0.3 is 0 Å². The zero-order valence-corrected chi connectivity index (χ0v) is 43.7. The van der Waals surface area contributed by atoms with Gasteiger partial charge >= 0.3 is 0 Å². The van der Waals surface area contributed by atoms with E-state index in [9.17, 15) is 0 Å². The molecule has 11 heterocycles. The third-order valence-electron chi connectivity index (χ3n) is 10.8. The topological polar surface area (TPSA) is 89.7 Å². The van der Waals surface area contributed by atoms with Gasteiger partial charge in [-0.15, -0.1) is 45.3 Å². The van der Waals surface area contributed by atoms with Gasteiger partial charge in [0, 0.05) is 130 Å². The molecule has 1 aliphatic heterocycles. The summed E-state index contributed by atoms with van der Waals surface area (Å²) in [6.07, 6.45) is 11.8. The van der Waals surface area contributed by atoms with Crippen molar-refractivity contribution in [1.29, 1.82) is 0 Å². The molecule has 0 radical (unpaired) electrons. The minimum absolute atomic E-state index is 0. The zero-order valence-electron chi connectivity index (χ0n) is 37.2. The van der Waals surface area contributed by atoms with Gasteiger partial charge in [-0.05, 0) is 170 Å². The second-order valence-electron chi connectivity index (χ2n) is 15.7. The first-order valence-electron chi connectivity index (χ1n) is 21.2. The van der Waals surface area contributed by atoms with Crippen LogP contribution in [0.5, 0.6) is 0 Å². The number of aryl methyl sites for hydroxylation is 4. The number of fused-ring (bicyclic) bond motifs is 6. The first-order chi connectivity index (χ1) is 32.8. The standard InChI is InChI=1S/C30H17N3S4.2C12H12N2.Cl2.Ru/c1-4-17-19-16-20(33-28(19)18-5-2-14-32-30(18)29(17)31-13-1)21-7-8-24(35-21)25-11-12-27(37-25)26-10-9-23(36-26)22-6-3-15-34-22;2*1-9-3-5-13-11(7-9)12-8-10(2)4-6-14-12;1-2;/h1-15H,16H2;2*3-8H,1-2H3;;. The van der Waals surface area contributed by atoms with Gasteiger partial charge in [0.2, 0.25) is 0 Å². The zero-order chi connectivity index (χ0) is 46.3. The van der Waals surface area contributed by atoms with E-state index < -0.39 is 0 Å². The van der Waals surface area contributed by atoms with E-state index in [0.717, 1.165) is 62.4 Å². The summed E-state index contributed by atoms with van der Waals surface area (Å²) in [4.78, 5) is 40.8. The van der Waals surface area contributed by atoms with E-state index in [1.807, 2.05) is 132 Å². The third-order valence-corrected chi connectivity index (χ3v) is 15.6. The van der Waals surface area contributed by atoms with Crippen LogP contribution in [-0.2, 0) is 25.9 Å². The maximum Gasteiger partial charge on any atom is 0.0986 e. The van der Waals surface area contributed by atoms with Crippen molar-refractivity contribution in [2.75, 3.05) is 0 Å². The molecule has 0 saturated heterocycles. The van der Waals surface area contributed by atoms with Crippen LogP contribution < -0.4 is 0 Å². The summed E-state index contributed by atoms with van der Waals surface area (Å²) >= 11 is 7.36. The molecule has 0 amide bonds. The molecule has 0 spiro atoms. The van der Waals surface area contributed by atoms with E-state index in [0.29, 0.717) is 0 Å². The van der Waals surface area contributed by atoms with E-state index in [2.05, 4.69) is 145 Å². The monoisotopic (exact) mass is 1090 g/mol. The number of rotatable bonds is 6. The first kappa shape index (κ1) is 48.8. The Bertz CT molecular complexity index is 3340. The predicted octanol–water partition coefficient (Wildman–Crippen LogP) is 16.6. The van der Waals surface area contributed by atoms with Gasteiger partial charge in [-0.3, -0.25) is 34.9 Å². The molecule has 0 bridgehead atoms. The van der Waals surface area contributed by atoms with Gasteiger partial charge in [-0.25, -0.2) is 0 Å². The van der Waals surface area contributed by atoms with Crippen molar-refractivity contribution >= 4 is 100 Å². The van der Waals surface area contributed by atoms with Crippen LogP contribution in [0, 0.1) is 27.7 Å².